The molecule has 7 nitrogen and oxygen atoms in total. The van der Waals surface area contributed by atoms with Gasteiger partial charge in [0.2, 0.25) is 5.28 Å². The Hall–Kier alpha value is -2.80. The standard InChI is InChI=1S/C19H21ClN6O/c1-21-19(27)26-9-7-14-16(11-26)24-18(20)25-17(14)22-8-6-12-10-23-15-5-3-2-4-13(12)15/h2-5,10,23H,6-9,11H2,1H3,(H,21,27)(H,22,24,25). The molecule has 0 aliphatic carbocycles. The van der Waals surface area contributed by atoms with Gasteiger partial charge in [-0.15, -0.1) is 0 Å². The lowest BCUT2D eigenvalue weighted by atomic mass is 10.1. The van der Waals surface area contributed by atoms with Crippen LogP contribution in [0.5, 0.6) is 0 Å². The molecule has 0 saturated heterocycles. The van der Waals surface area contributed by atoms with Crippen LogP contribution in [0.15, 0.2) is 30.5 Å². The number of anilines is 1. The van der Waals surface area contributed by atoms with Gasteiger partial charge in [0, 0.05) is 42.8 Å². The summed E-state index contributed by atoms with van der Waals surface area (Å²) < 4.78 is 0. The number of aromatic nitrogens is 3. The molecular formula is C19H21ClN6O. The number of halogens is 1. The molecule has 3 heterocycles. The highest BCUT2D eigenvalue weighted by Gasteiger charge is 2.24. The van der Waals surface area contributed by atoms with Gasteiger partial charge in [0.15, 0.2) is 0 Å². The van der Waals surface area contributed by atoms with Gasteiger partial charge in [0.25, 0.3) is 0 Å². The summed E-state index contributed by atoms with van der Waals surface area (Å²) in [6.45, 7) is 1.81. The maximum Gasteiger partial charge on any atom is 0.317 e. The van der Waals surface area contributed by atoms with E-state index in [0.29, 0.717) is 19.5 Å². The molecule has 0 radical (unpaired) electrons. The maximum atomic E-state index is 11.9. The SMILES string of the molecule is CNC(=O)N1CCc2c(nc(Cl)nc2NCCc2c[nH]c3ccccc23)C1. The third-order valence-corrected chi connectivity index (χ3v) is 5.07. The number of urea groups is 1. The molecule has 8 heteroatoms. The average Bonchev–Trinajstić information content (AvgIpc) is 3.10. The molecule has 0 spiro atoms. The van der Waals surface area contributed by atoms with E-state index in [-0.39, 0.29) is 11.3 Å². The smallest absolute Gasteiger partial charge is 0.317 e. The van der Waals surface area contributed by atoms with Crippen LogP contribution in [-0.2, 0) is 19.4 Å². The predicted molar refractivity (Wildman–Crippen MR) is 106 cm³/mol. The number of nitrogens with zero attached hydrogens (tertiary/aromatic N) is 3. The molecule has 2 aromatic heterocycles. The number of benzene rings is 1. The topological polar surface area (TPSA) is 85.9 Å². The van der Waals surface area contributed by atoms with Crippen LogP contribution in [0.2, 0.25) is 5.28 Å². The number of hydrogen-bond donors (Lipinski definition) is 3. The van der Waals surface area contributed by atoms with E-state index in [1.165, 1.54) is 10.9 Å². The van der Waals surface area contributed by atoms with Crippen molar-refractivity contribution < 1.29 is 4.79 Å². The van der Waals surface area contributed by atoms with Crippen molar-refractivity contribution in [2.45, 2.75) is 19.4 Å². The number of hydrogen-bond acceptors (Lipinski definition) is 4. The van der Waals surface area contributed by atoms with Crippen molar-refractivity contribution in [1.82, 2.24) is 25.2 Å². The molecule has 1 aliphatic heterocycles. The second-order valence-electron chi connectivity index (χ2n) is 6.53. The second kappa shape index (κ2) is 7.44. The van der Waals surface area contributed by atoms with Crippen molar-refractivity contribution in [2.24, 2.45) is 0 Å². The number of aromatic amines is 1. The molecule has 4 rings (SSSR count). The first-order valence-electron chi connectivity index (χ1n) is 8.96. The minimum atomic E-state index is -0.107. The molecule has 3 aromatic rings. The number of H-pyrrole nitrogens is 1. The average molecular weight is 385 g/mol. The Bertz CT molecular complexity index is 985. The molecule has 27 heavy (non-hydrogen) atoms. The molecule has 0 saturated carbocycles. The monoisotopic (exact) mass is 384 g/mol. The van der Waals surface area contributed by atoms with Gasteiger partial charge in [0.1, 0.15) is 5.82 Å². The van der Waals surface area contributed by atoms with Crippen LogP contribution in [0, 0.1) is 0 Å². The van der Waals surface area contributed by atoms with Crippen molar-refractivity contribution >= 4 is 34.4 Å². The first kappa shape index (κ1) is 17.6. The van der Waals surface area contributed by atoms with E-state index in [4.69, 9.17) is 11.6 Å². The Balaban J connectivity index is 1.48. The van der Waals surface area contributed by atoms with Crippen LogP contribution >= 0.6 is 11.6 Å². The van der Waals surface area contributed by atoms with Gasteiger partial charge < -0.3 is 20.5 Å². The summed E-state index contributed by atoms with van der Waals surface area (Å²) in [5, 5.41) is 7.49. The van der Waals surface area contributed by atoms with Crippen LogP contribution < -0.4 is 10.6 Å². The van der Waals surface area contributed by atoms with Gasteiger partial charge in [-0.1, -0.05) is 18.2 Å². The van der Waals surface area contributed by atoms with Crippen molar-refractivity contribution in [1.29, 1.82) is 0 Å². The van der Waals surface area contributed by atoms with Crippen molar-refractivity contribution in [3.05, 3.63) is 52.6 Å². The predicted octanol–water partition coefficient (Wildman–Crippen LogP) is 2.96. The fraction of sp³-hybridized carbons (Fsp3) is 0.316. The van der Waals surface area contributed by atoms with Gasteiger partial charge in [-0.05, 0) is 36.1 Å². The second-order valence-corrected chi connectivity index (χ2v) is 6.87. The third-order valence-electron chi connectivity index (χ3n) is 4.90. The zero-order valence-electron chi connectivity index (χ0n) is 15.1. The Morgan fingerprint density at radius 1 is 1.33 bits per heavy atom. The van der Waals surface area contributed by atoms with E-state index in [9.17, 15) is 4.79 Å². The van der Waals surface area contributed by atoms with Gasteiger partial charge in [-0.2, -0.15) is 0 Å². The van der Waals surface area contributed by atoms with Crippen LogP contribution in [0.3, 0.4) is 0 Å². The van der Waals surface area contributed by atoms with Gasteiger partial charge in [-0.25, -0.2) is 14.8 Å². The molecule has 1 aromatic carbocycles. The van der Waals surface area contributed by atoms with E-state index >= 15 is 0 Å². The summed E-state index contributed by atoms with van der Waals surface area (Å²) >= 11 is 6.11. The number of amides is 2. The van der Waals surface area contributed by atoms with Crippen molar-refractivity contribution in [2.75, 3.05) is 25.5 Å². The molecule has 0 bridgehead atoms. The van der Waals surface area contributed by atoms with Crippen molar-refractivity contribution in [3.8, 4) is 0 Å². The number of carbonyl (C=O) groups is 1. The molecule has 2 amide bonds. The summed E-state index contributed by atoms with van der Waals surface area (Å²) in [5.74, 6) is 0.765. The Labute approximate surface area is 162 Å². The van der Waals surface area contributed by atoms with E-state index < -0.39 is 0 Å². The summed E-state index contributed by atoms with van der Waals surface area (Å²) in [6, 6.07) is 8.16. The molecule has 0 fully saturated rings. The molecule has 3 N–H and O–H groups in total. The van der Waals surface area contributed by atoms with Gasteiger partial charge in [-0.3, -0.25) is 0 Å². The maximum absolute atomic E-state index is 11.9. The molecule has 1 aliphatic rings. The highest BCUT2D eigenvalue weighted by molar-refractivity contribution is 6.28. The number of carbonyl (C=O) groups excluding carboxylic acids is 1. The number of nitrogens with one attached hydrogen (secondary N) is 3. The molecule has 0 atom stereocenters. The number of para-hydroxylation sites is 1. The summed E-state index contributed by atoms with van der Waals surface area (Å²) in [4.78, 5) is 25.6. The minimum Gasteiger partial charge on any atom is -0.369 e. The van der Waals surface area contributed by atoms with E-state index in [2.05, 4.69) is 43.9 Å². The quantitative estimate of drug-likeness (QED) is 0.603. The Morgan fingerprint density at radius 3 is 3.04 bits per heavy atom. The van der Waals surface area contributed by atoms with Crippen molar-refractivity contribution in [3.63, 3.8) is 0 Å². The summed E-state index contributed by atoms with van der Waals surface area (Å²) in [6.07, 6.45) is 3.62. The lowest BCUT2D eigenvalue weighted by Gasteiger charge is -2.28. The minimum absolute atomic E-state index is 0.107. The largest absolute Gasteiger partial charge is 0.369 e. The van der Waals surface area contributed by atoms with Gasteiger partial charge in [0.05, 0.1) is 12.2 Å². The van der Waals surface area contributed by atoms with Crippen LogP contribution in [-0.4, -0.2) is 46.0 Å². The lowest BCUT2D eigenvalue weighted by Crippen LogP contribution is -2.41. The van der Waals surface area contributed by atoms with Crippen LogP contribution in [0.4, 0.5) is 10.6 Å². The number of fused-ring (bicyclic) bond motifs is 2. The number of rotatable bonds is 4. The third kappa shape index (κ3) is 3.55. The van der Waals surface area contributed by atoms with Crippen LogP contribution in [0.1, 0.15) is 16.8 Å². The first-order valence-corrected chi connectivity index (χ1v) is 9.34. The summed E-state index contributed by atoms with van der Waals surface area (Å²) in [5.41, 5.74) is 4.25. The van der Waals surface area contributed by atoms with E-state index in [1.54, 1.807) is 11.9 Å². The molecule has 0 unspecified atom stereocenters. The lowest BCUT2D eigenvalue weighted by molar-refractivity contribution is 0.193. The fourth-order valence-electron chi connectivity index (χ4n) is 3.53. The van der Waals surface area contributed by atoms with E-state index in [1.807, 2.05) is 12.1 Å². The zero-order chi connectivity index (χ0) is 18.8. The molecule has 140 valence electrons. The Morgan fingerprint density at radius 2 is 2.19 bits per heavy atom. The summed E-state index contributed by atoms with van der Waals surface area (Å²) in [7, 11) is 1.63. The van der Waals surface area contributed by atoms with Gasteiger partial charge >= 0.3 is 6.03 Å². The zero-order valence-corrected chi connectivity index (χ0v) is 15.8. The highest BCUT2D eigenvalue weighted by atomic mass is 35.5. The van der Waals surface area contributed by atoms with Crippen LogP contribution in [0.25, 0.3) is 10.9 Å². The normalized spacial score (nSPS) is 13.5. The van der Waals surface area contributed by atoms with E-state index in [0.717, 1.165) is 35.6 Å². The molecular weight excluding hydrogens is 364 g/mol. The fourth-order valence-corrected chi connectivity index (χ4v) is 3.72. The first-order chi connectivity index (χ1) is 13.2. The highest BCUT2D eigenvalue weighted by Crippen LogP contribution is 2.25. The Kier molecular flexibility index (Phi) is 4.85.